The molecule has 0 N–H and O–H groups in total. The van der Waals surface area contributed by atoms with Gasteiger partial charge >= 0.3 is 5.97 Å². The molecule has 5 nitrogen and oxygen atoms in total. The number of thiazole rings is 1. The Hall–Kier alpha value is -4.47. The minimum atomic E-state index is -0.467. The van der Waals surface area contributed by atoms with Gasteiger partial charge in [0, 0.05) is 0 Å². The summed E-state index contributed by atoms with van der Waals surface area (Å²) in [7, 11) is 1.51. The van der Waals surface area contributed by atoms with E-state index in [-0.39, 0.29) is 0 Å². The van der Waals surface area contributed by atoms with Crippen LogP contribution in [0.1, 0.15) is 20.9 Å². The molecular weight excluding hydrogens is 444 g/mol. The van der Waals surface area contributed by atoms with E-state index in [9.17, 15) is 10.1 Å². The number of hydrogen-bond donors (Lipinski definition) is 0. The van der Waals surface area contributed by atoms with E-state index in [0.717, 1.165) is 26.6 Å². The standard InChI is InChI=1S/C28H18N2O3S/c1-32-25-16-18(15-20(17-29)27-30-23-11-4-5-12-26(23)34-27)13-14-24(25)33-28(31)22-10-6-8-19-7-2-3-9-21(19)22/h2-16H,1H3/b20-15+. The van der Waals surface area contributed by atoms with E-state index in [1.807, 2.05) is 60.7 Å². The monoisotopic (exact) mass is 462 g/mol. The molecule has 0 saturated heterocycles. The van der Waals surface area contributed by atoms with Crippen LogP contribution in [0.3, 0.4) is 0 Å². The molecule has 34 heavy (non-hydrogen) atoms. The second-order valence-corrected chi connectivity index (χ2v) is 8.51. The molecule has 1 aromatic heterocycles. The Kier molecular flexibility index (Phi) is 5.77. The highest BCUT2D eigenvalue weighted by molar-refractivity contribution is 7.19. The van der Waals surface area contributed by atoms with Gasteiger partial charge in [0.05, 0.1) is 28.5 Å². The number of rotatable bonds is 5. The predicted molar refractivity (Wildman–Crippen MR) is 135 cm³/mol. The van der Waals surface area contributed by atoms with E-state index in [4.69, 9.17) is 9.47 Å². The van der Waals surface area contributed by atoms with E-state index in [0.29, 0.717) is 27.6 Å². The number of benzene rings is 4. The highest BCUT2D eigenvalue weighted by Gasteiger charge is 2.16. The fraction of sp³-hybridized carbons (Fsp3) is 0.0357. The Morgan fingerprint density at radius 3 is 2.59 bits per heavy atom. The Balaban J connectivity index is 1.45. The molecule has 164 valence electrons. The number of aromatic nitrogens is 1. The lowest BCUT2D eigenvalue weighted by molar-refractivity contribution is 0.0732. The SMILES string of the molecule is COc1cc(/C=C(\C#N)c2nc3ccccc3s2)ccc1OC(=O)c1cccc2ccccc12. The zero-order chi connectivity index (χ0) is 23.5. The second-order valence-electron chi connectivity index (χ2n) is 7.48. The van der Waals surface area contributed by atoms with Gasteiger partial charge < -0.3 is 9.47 Å². The second kappa shape index (κ2) is 9.18. The number of ether oxygens (including phenoxy) is 2. The summed E-state index contributed by atoms with van der Waals surface area (Å²) in [5.74, 6) is 0.227. The molecule has 0 unspecified atom stereocenters. The fourth-order valence-corrected chi connectivity index (χ4v) is 4.64. The van der Waals surface area contributed by atoms with Crippen LogP contribution in [0.15, 0.2) is 84.9 Å². The third kappa shape index (κ3) is 4.13. The molecule has 4 aromatic carbocycles. The molecule has 6 heteroatoms. The molecule has 0 aliphatic carbocycles. The largest absolute Gasteiger partial charge is 0.493 e. The van der Waals surface area contributed by atoms with Crippen molar-refractivity contribution in [1.29, 1.82) is 5.26 Å². The summed E-state index contributed by atoms with van der Waals surface area (Å²) in [5.41, 5.74) is 2.52. The normalized spacial score (nSPS) is 11.4. The third-order valence-electron chi connectivity index (χ3n) is 5.36. The number of allylic oxidation sites excluding steroid dienone is 1. The molecule has 0 spiro atoms. The first-order valence-corrected chi connectivity index (χ1v) is 11.3. The van der Waals surface area contributed by atoms with Gasteiger partial charge in [-0.1, -0.05) is 54.6 Å². The van der Waals surface area contributed by atoms with E-state index in [1.165, 1.54) is 18.4 Å². The maximum Gasteiger partial charge on any atom is 0.344 e. The number of hydrogen-bond acceptors (Lipinski definition) is 6. The van der Waals surface area contributed by atoms with Crippen molar-refractivity contribution in [2.45, 2.75) is 0 Å². The van der Waals surface area contributed by atoms with Gasteiger partial charge in [0.15, 0.2) is 11.5 Å². The summed E-state index contributed by atoms with van der Waals surface area (Å²) in [5, 5.41) is 12.2. The quantitative estimate of drug-likeness (QED) is 0.164. The summed E-state index contributed by atoms with van der Waals surface area (Å²) in [6.45, 7) is 0. The average molecular weight is 463 g/mol. The van der Waals surface area contributed by atoms with Crippen LogP contribution >= 0.6 is 11.3 Å². The van der Waals surface area contributed by atoms with Crippen molar-refractivity contribution in [1.82, 2.24) is 4.98 Å². The Morgan fingerprint density at radius 2 is 1.76 bits per heavy atom. The Labute approximate surface area is 200 Å². The first-order chi connectivity index (χ1) is 16.7. The topological polar surface area (TPSA) is 72.2 Å². The summed E-state index contributed by atoms with van der Waals surface area (Å²) in [4.78, 5) is 17.5. The zero-order valence-corrected chi connectivity index (χ0v) is 19.0. The molecule has 1 heterocycles. The van der Waals surface area contributed by atoms with Crippen LogP contribution in [0.25, 0.3) is 32.6 Å². The van der Waals surface area contributed by atoms with E-state index in [1.54, 1.807) is 30.3 Å². The highest BCUT2D eigenvalue weighted by Crippen LogP contribution is 2.32. The van der Waals surface area contributed by atoms with Crippen molar-refractivity contribution in [2.24, 2.45) is 0 Å². The smallest absolute Gasteiger partial charge is 0.344 e. The molecule has 0 aliphatic rings. The molecule has 0 radical (unpaired) electrons. The summed E-state index contributed by atoms with van der Waals surface area (Å²) < 4.78 is 12.2. The minimum Gasteiger partial charge on any atom is -0.493 e. The molecule has 5 rings (SSSR count). The van der Waals surface area contributed by atoms with Gasteiger partial charge in [-0.2, -0.15) is 5.26 Å². The Bertz CT molecular complexity index is 1570. The van der Waals surface area contributed by atoms with Crippen LogP contribution in [0.4, 0.5) is 0 Å². The van der Waals surface area contributed by atoms with Gasteiger partial charge in [-0.15, -0.1) is 11.3 Å². The number of esters is 1. The average Bonchev–Trinajstić information content (AvgIpc) is 3.31. The number of nitriles is 1. The Morgan fingerprint density at radius 1 is 0.971 bits per heavy atom. The van der Waals surface area contributed by atoms with E-state index < -0.39 is 5.97 Å². The summed E-state index contributed by atoms with van der Waals surface area (Å²) in [6.07, 6.45) is 1.75. The van der Waals surface area contributed by atoms with Crippen LogP contribution in [0.2, 0.25) is 0 Å². The maximum absolute atomic E-state index is 12.9. The number of carbonyl (C=O) groups excluding carboxylic acids is 1. The minimum absolute atomic E-state index is 0.302. The molecule has 0 atom stereocenters. The molecule has 0 fully saturated rings. The van der Waals surface area contributed by atoms with Crippen molar-refractivity contribution in [2.75, 3.05) is 7.11 Å². The van der Waals surface area contributed by atoms with E-state index >= 15 is 0 Å². The fourth-order valence-electron chi connectivity index (χ4n) is 3.71. The lowest BCUT2D eigenvalue weighted by Crippen LogP contribution is -2.10. The lowest BCUT2D eigenvalue weighted by atomic mass is 10.0. The summed E-state index contributed by atoms with van der Waals surface area (Å²) in [6, 6.07) is 28.4. The molecule has 0 saturated carbocycles. The van der Waals surface area contributed by atoms with Gasteiger partial charge in [0.25, 0.3) is 0 Å². The molecular formula is C28H18N2O3S. The van der Waals surface area contributed by atoms with Crippen LogP contribution < -0.4 is 9.47 Å². The first kappa shape index (κ1) is 21.4. The molecule has 0 amide bonds. The summed E-state index contributed by atoms with van der Waals surface area (Å²) >= 11 is 1.47. The third-order valence-corrected chi connectivity index (χ3v) is 6.43. The van der Waals surface area contributed by atoms with Gasteiger partial charge in [-0.05, 0) is 52.7 Å². The first-order valence-electron chi connectivity index (χ1n) is 10.5. The maximum atomic E-state index is 12.9. The number of methoxy groups -OCH3 is 1. The van der Waals surface area contributed by atoms with Crippen LogP contribution in [-0.4, -0.2) is 18.1 Å². The number of nitrogens with zero attached hydrogens (tertiary/aromatic N) is 2. The highest BCUT2D eigenvalue weighted by atomic mass is 32.1. The van der Waals surface area contributed by atoms with Crippen molar-refractivity contribution in [3.8, 4) is 17.6 Å². The zero-order valence-electron chi connectivity index (χ0n) is 18.2. The molecule has 5 aromatic rings. The van der Waals surface area contributed by atoms with Gasteiger partial charge in [0.1, 0.15) is 11.1 Å². The number of carbonyl (C=O) groups is 1. The van der Waals surface area contributed by atoms with Crippen LogP contribution in [0, 0.1) is 11.3 Å². The van der Waals surface area contributed by atoms with Crippen molar-refractivity contribution < 1.29 is 14.3 Å². The van der Waals surface area contributed by atoms with Gasteiger partial charge in [0.2, 0.25) is 0 Å². The van der Waals surface area contributed by atoms with E-state index in [2.05, 4.69) is 11.1 Å². The van der Waals surface area contributed by atoms with Gasteiger partial charge in [-0.3, -0.25) is 0 Å². The van der Waals surface area contributed by atoms with Crippen molar-refractivity contribution in [3.05, 3.63) is 101 Å². The number of para-hydroxylation sites is 1. The molecule has 0 aliphatic heterocycles. The van der Waals surface area contributed by atoms with Gasteiger partial charge in [-0.25, -0.2) is 9.78 Å². The molecule has 0 bridgehead atoms. The van der Waals surface area contributed by atoms with Crippen LogP contribution in [-0.2, 0) is 0 Å². The van der Waals surface area contributed by atoms with Crippen molar-refractivity contribution in [3.63, 3.8) is 0 Å². The van der Waals surface area contributed by atoms with Crippen LogP contribution in [0.5, 0.6) is 11.5 Å². The van der Waals surface area contributed by atoms with Crippen molar-refractivity contribution >= 4 is 49.9 Å². The lowest BCUT2D eigenvalue weighted by Gasteiger charge is -2.11. The predicted octanol–water partition coefficient (Wildman–Crippen LogP) is 6.74. The number of fused-ring (bicyclic) bond motifs is 2.